The van der Waals surface area contributed by atoms with Crippen molar-refractivity contribution < 1.29 is 19.7 Å². The average molecular weight is 219 g/mol. The van der Waals surface area contributed by atoms with Crippen LogP contribution < -0.4 is 5.32 Å². The van der Waals surface area contributed by atoms with Crippen molar-refractivity contribution in [2.24, 2.45) is 0 Å². The van der Waals surface area contributed by atoms with Crippen LogP contribution in [-0.4, -0.2) is 61.9 Å². The van der Waals surface area contributed by atoms with Crippen LogP contribution in [0.2, 0.25) is 0 Å². The summed E-state index contributed by atoms with van der Waals surface area (Å²) in [5, 5.41) is 21.8. The monoisotopic (exact) mass is 219 g/mol. The Morgan fingerprint density at radius 2 is 2.13 bits per heavy atom. The lowest BCUT2D eigenvalue weighted by atomic mass is 10.0. The van der Waals surface area contributed by atoms with Gasteiger partial charge in [-0.25, -0.2) is 0 Å². The topological polar surface area (TPSA) is 71.0 Å². The molecule has 1 heterocycles. The summed E-state index contributed by atoms with van der Waals surface area (Å²) in [6, 6.07) is 0. The maximum absolute atomic E-state index is 9.75. The Balaban J connectivity index is 2.42. The van der Waals surface area contributed by atoms with E-state index in [-0.39, 0.29) is 18.8 Å². The maximum Gasteiger partial charge on any atom is 0.112 e. The van der Waals surface area contributed by atoms with Crippen LogP contribution in [0, 0.1) is 0 Å². The van der Waals surface area contributed by atoms with Crippen LogP contribution in [0.25, 0.3) is 0 Å². The summed E-state index contributed by atoms with van der Waals surface area (Å²) in [6.07, 6.45) is 0.127. The van der Waals surface area contributed by atoms with Crippen molar-refractivity contribution in [1.82, 2.24) is 5.32 Å². The zero-order valence-corrected chi connectivity index (χ0v) is 9.35. The molecule has 4 unspecified atom stereocenters. The summed E-state index contributed by atoms with van der Waals surface area (Å²) in [4.78, 5) is 0. The van der Waals surface area contributed by atoms with Crippen LogP contribution in [-0.2, 0) is 9.47 Å². The van der Waals surface area contributed by atoms with Crippen LogP contribution in [0.5, 0.6) is 0 Å². The molecule has 15 heavy (non-hydrogen) atoms. The molecule has 0 aromatic rings. The summed E-state index contributed by atoms with van der Waals surface area (Å²) in [7, 11) is 3.46. The lowest BCUT2D eigenvalue weighted by molar-refractivity contribution is -0.0255. The Morgan fingerprint density at radius 3 is 2.67 bits per heavy atom. The SMILES string of the molecule is CNCCCC1OC(CO)C(O)C1OC. The molecule has 3 N–H and O–H groups in total. The van der Waals surface area contributed by atoms with Crippen LogP contribution in [0.3, 0.4) is 0 Å². The van der Waals surface area contributed by atoms with Gasteiger partial charge in [0.15, 0.2) is 0 Å². The van der Waals surface area contributed by atoms with Gasteiger partial charge in [0.05, 0.1) is 12.7 Å². The summed E-state index contributed by atoms with van der Waals surface area (Å²) < 4.78 is 10.7. The highest BCUT2D eigenvalue weighted by molar-refractivity contribution is 4.91. The molecule has 90 valence electrons. The van der Waals surface area contributed by atoms with Gasteiger partial charge in [-0.05, 0) is 26.4 Å². The highest BCUT2D eigenvalue weighted by Gasteiger charge is 2.42. The fourth-order valence-electron chi connectivity index (χ4n) is 1.97. The van der Waals surface area contributed by atoms with Crippen molar-refractivity contribution >= 4 is 0 Å². The Hall–Kier alpha value is -0.200. The molecule has 0 amide bonds. The zero-order chi connectivity index (χ0) is 11.3. The van der Waals surface area contributed by atoms with E-state index in [0.29, 0.717) is 0 Å². The van der Waals surface area contributed by atoms with E-state index in [0.717, 1.165) is 19.4 Å². The molecule has 0 aromatic carbocycles. The first-order chi connectivity index (χ1) is 7.24. The van der Waals surface area contributed by atoms with Crippen molar-refractivity contribution in [2.45, 2.75) is 37.3 Å². The van der Waals surface area contributed by atoms with E-state index in [9.17, 15) is 5.11 Å². The lowest BCUT2D eigenvalue weighted by Crippen LogP contribution is -2.35. The van der Waals surface area contributed by atoms with Gasteiger partial charge < -0.3 is 25.0 Å². The molecular weight excluding hydrogens is 198 g/mol. The Bertz CT molecular complexity index is 179. The third-order valence-corrected chi connectivity index (χ3v) is 2.80. The molecular formula is C10H21NO4. The van der Waals surface area contributed by atoms with Crippen molar-refractivity contribution in [3.8, 4) is 0 Å². The molecule has 4 atom stereocenters. The highest BCUT2D eigenvalue weighted by Crippen LogP contribution is 2.26. The largest absolute Gasteiger partial charge is 0.394 e. The van der Waals surface area contributed by atoms with E-state index < -0.39 is 12.2 Å². The lowest BCUT2D eigenvalue weighted by Gasteiger charge is -2.18. The molecule has 0 aromatic heterocycles. The fourth-order valence-corrected chi connectivity index (χ4v) is 1.97. The summed E-state index contributed by atoms with van der Waals surface area (Å²) >= 11 is 0. The predicted molar refractivity (Wildman–Crippen MR) is 55.7 cm³/mol. The van der Waals surface area contributed by atoms with Crippen LogP contribution in [0.1, 0.15) is 12.8 Å². The van der Waals surface area contributed by atoms with Crippen molar-refractivity contribution in [2.75, 3.05) is 27.3 Å². The minimum Gasteiger partial charge on any atom is -0.394 e. The molecule has 0 radical (unpaired) electrons. The second kappa shape index (κ2) is 6.40. The number of rotatable bonds is 6. The summed E-state index contributed by atoms with van der Waals surface area (Å²) in [6.45, 7) is 0.750. The van der Waals surface area contributed by atoms with Gasteiger partial charge in [-0.1, -0.05) is 0 Å². The molecule has 1 aliphatic rings. The van der Waals surface area contributed by atoms with Crippen LogP contribution >= 0.6 is 0 Å². The van der Waals surface area contributed by atoms with Crippen molar-refractivity contribution in [3.05, 3.63) is 0 Å². The van der Waals surface area contributed by atoms with Gasteiger partial charge in [-0.15, -0.1) is 0 Å². The quantitative estimate of drug-likeness (QED) is 0.506. The molecule has 0 spiro atoms. The molecule has 0 saturated carbocycles. The average Bonchev–Trinajstić information content (AvgIpc) is 2.55. The molecule has 1 fully saturated rings. The standard InChI is InChI=1S/C10H21NO4/c1-11-5-3-4-7-10(14-2)9(13)8(6-12)15-7/h7-13H,3-6H2,1-2H3. The number of methoxy groups -OCH3 is 1. The third-order valence-electron chi connectivity index (χ3n) is 2.80. The predicted octanol–water partition coefficient (Wildman–Crippen LogP) is -0.878. The van der Waals surface area contributed by atoms with Crippen molar-refractivity contribution in [3.63, 3.8) is 0 Å². The maximum atomic E-state index is 9.75. The number of nitrogens with one attached hydrogen (secondary N) is 1. The van der Waals surface area contributed by atoms with Gasteiger partial charge in [0, 0.05) is 7.11 Å². The molecule has 5 nitrogen and oxygen atoms in total. The smallest absolute Gasteiger partial charge is 0.112 e. The molecule has 5 heteroatoms. The second-order valence-corrected chi connectivity index (χ2v) is 3.83. The van der Waals surface area contributed by atoms with Gasteiger partial charge in [-0.3, -0.25) is 0 Å². The van der Waals surface area contributed by atoms with Gasteiger partial charge >= 0.3 is 0 Å². The van der Waals surface area contributed by atoms with E-state index >= 15 is 0 Å². The first kappa shape index (κ1) is 12.9. The molecule has 1 rings (SSSR count). The summed E-state index contributed by atoms with van der Waals surface area (Å²) in [5.41, 5.74) is 0. The van der Waals surface area contributed by atoms with E-state index in [1.165, 1.54) is 0 Å². The first-order valence-corrected chi connectivity index (χ1v) is 5.36. The minimum atomic E-state index is -0.723. The van der Waals surface area contributed by atoms with E-state index in [1.54, 1.807) is 7.11 Å². The molecule has 1 aliphatic heterocycles. The van der Waals surface area contributed by atoms with Gasteiger partial charge in [0.25, 0.3) is 0 Å². The fraction of sp³-hybridized carbons (Fsp3) is 1.00. The van der Waals surface area contributed by atoms with E-state index in [2.05, 4.69) is 5.32 Å². The number of hydrogen-bond acceptors (Lipinski definition) is 5. The number of aliphatic hydroxyl groups is 2. The number of ether oxygens (including phenoxy) is 2. The van der Waals surface area contributed by atoms with Crippen LogP contribution in [0.15, 0.2) is 0 Å². The van der Waals surface area contributed by atoms with Crippen LogP contribution in [0.4, 0.5) is 0 Å². The third kappa shape index (κ3) is 3.12. The molecule has 0 bridgehead atoms. The molecule has 0 aliphatic carbocycles. The van der Waals surface area contributed by atoms with E-state index in [1.807, 2.05) is 7.05 Å². The normalized spacial score (nSPS) is 36.0. The van der Waals surface area contributed by atoms with E-state index in [4.69, 9.17) is 14.6 Å². The zero-order valence-electron chi connectivity index (χ0n) is 9.35. The minimum absolute atomic E-state index is 0.115. The highest BCUT2D eigenvalue weighted by atomic mass is 16.6. The van der Waals surface area contributed by atoms with Crippen molar-refractivity contribution in [1.29, 1.82) is 0 Å². The second-order valence-electron chi connectivity index (χ2n) is 3.83. The van der Waals surface area contributed by atoms with Gasteiger partial charge in [0.2, 0.25) is 0 Å². The first-order valence-electron chi connectivity index (χ1n) is 5.36. The van der Waals surface area contributed by atoms with Gasteiger partial charge in [-0.2, -0.15) is 0 Å². The number of aliphatic hydroxyl groups excluding tert-OH is 2. The summed E-state index contributed by atoms with van der Waals surface area (Å²) in [5.74, 6) is 0. The Morgan fingerprint density at radius 1 is 1.40 bits per heavy atom. The van der Waals surface area contributed by atoms with Gasteiger partial charge in [0.1, 0.15) is 18.3 Å². The number of hydrogen-bond donors (Lipinski definition) is 3. The Kier molecular flexibility index (Phi) is 5.49. The Labute approximate surface area is 90.4 Å². The molecule has 1 saturated heterocycles.